The number of aromatic nitrogens is 3. The molecule has 2 atom stereocenters. The van der Waals surface area contributed by atoms with Crippen molar-refractivity contribution in [1.82, 2.24) is 14.1 Å². The summed E-state index contributed by atoms with van der Waals surface area (Å²) in [6.07, 6.45) is 2.44. The summed E-state index contributed by atoms with van der Waals surface area (Å²) in [6, 6.07) is 20.4. The molecule has 2 unspecified atom stereocenters. The topological polar surface area (TPSA) is 49.0 Å². The highest BCUT2D eigenvalue weighted by Crippen LogP contribution is 2.25. The van der Waals surface area contributed by atoms with Gasteiger partial charge in [0, 0.05) is 13.3 Å². The van der Waals surface area contributed by atoms with Crippen molar-refractivity contribution in [2.24, 2.45) is 0 Å². The van der Waals surface area contributed by atoms with E-state index in [1.165, 1.54) is 16.7 Å². The van der Waals surface area contributed by atoms with Crippen LogP contribution in [0.25, 0.3) is 11.2 Å². The average Bonchev–Trinajstić information content (AvgIpc) is 3.06. The number of ether oxygens (including phenoxy) is 1. The van der Waals surface area contributed by atoms with E-state index in [0.717, 1.165) is 11.1 Å². The second-order valence-electron chi connectivity index (χ2n) is 8.25. The Kier molecular flexibility index (Phi) is 7.69. The number of pyridine rings is 1. The summed E-state index contributed by atoms with van der Waals surface area (Å²) in [5, 5.41) is 0. The molecule has 0 aliphatic rings. The Balaban J connectivity index is 0.00000289. The molecule has 0 N–H and O–H groups in total. The number of rotatable bonds is 7. The lowest BCUT2D eigenvalue weighted by atomic mass is 10.0. The van der Waals surface area contributed by atoms with E-state index in [-0.39, 0.29) is 34.8 Å². The highest BCUT2D eigenvalue weighted by molar-refractivity contribution is 8.93. The summed E-state index contributed by atoms with van der Waals surface area (Å²) in [6.45, 7) is 6.64. The molecule has 0 radical (unpaired) electrons. The molecule has 0 saturated carbocycles. The Bertz CT molecular complexity index is 1230. The van der Waals surface area contributed by atoms with Gasteiger partial charge in [-0.2, -0.15) is 0 Å². The van der Waals surface area contributed by atoms with E-state index in [1.807, 2.05) is 21.3 Å². The SMILES string of the molecule is Br.COCC(Cc1ccc(C)cc1)n1c(=O)n(C(C)c2ccc(C)cc2)c2cccnc21. The van der Waals surface area contributed by atoms with E-state index in [4.69, 9.17) is 4.74 Å². The zero-order chi connectivity index (χ0) is 22.0. The van der Waals surface area contributed by atoms with Crippen molar-refractivity contribution < 1.29 is 4.74 Å². The van der Waals surface area contributed by atoms with Crippen LogP contribution in [0.1, 0.15) is 41.3 Å². The number of methoxy groups -OCH3 is 1. The summed E-state index contributed by atoms with van der Waals surface area (Å²) in [4.78, 5) is 18.4. The minimum atomic E-state index is -0.149. The predicted octanol–water partition coefficient (Wildman–Crippen LogP) is 5.43. The van der Waals surface area contributed by atoms with Gasteiger partial charge in [0.05, 0.1) is 24.2 Å². The van der Waals surface area contributed by atoms with Crippen molar-refractivity contribution in [3.8, 4) is 0 Å². The van der Waals surface area contributed by atoms with Crippen LogP contribution in [0.2, 0.25) is 0 Å². The van der Waals surface area contributed by atoms with Crippen molar-refractivity contribution in [3.05, 3.63) is 99.6 Å². The number of aryl methyl sites for hydroxylation is 2. The molecule has 2 aromatic heterocycles. The van der Waals surface area contributed by atoms with Gasteiger partial charge in [-0.15, -0.1) is 17.0 Å². The van der Waals surface area contributed by atoms with Gasteiger partial charge in [-0.25, -0.2) is 9.78 Å². The maximum Gasteiger partial charge on any atom is 0.331 e. The molecule has 0 saturated heterocycles. The van der Waals surface area contributed by atoms with E-state index in [9.17, 15) is 4.79 Å². The number of hydrogen-bond donors (Lipinski definition) is 0. The Labute approximate surface area is 199 Å². The molecule has 0 fully saturated rings. The predicted molar refractivity (Wildman–Crippen MR) is 135 cm³/mol. The van der Waals surface area contributed by atoms with Crippen molar-refractivity contribution in [2.75, 3.05) is 13.7 Å². The quantitative estimate of drug-likeness (QED) is 0.343. The van der Waals surface area contributed by atoms with E-state index in [0.29, 0.717) is 18.7 Å². The van der Waals surface area contributed by atoms with Crippen LogP contribution in [0, 0.1) is 13.8 Å². The lowest BCUT2D eigenvalue weighted by Gasteiger charge is -2.18. The first kappa shape index (κ1) is 24.0. The van der Waals surface area contributed by atoms with Gasteiger partial charge in [-0.3, -0.25) is 9.13 Å². The van der Waals surface area contributed by atoms with Gasteiger partial charge in [-0.1, -0.05) is 59.7 Å². The average molecular weight is 496 g/mol. The summed E-state index contributed by atoms with van der Waals surface area (Å²) in [5.74, 6) is 0. The Morgan fingerprint density at radius 3 is 2.19 bits per heavy atom. The molecule has 0 aliphatic carbocycles. The first-order valence-electron chi connectivity index (χ1n) is 10.7. The zero-order valence-electron chi connectivity index (χ0n) is 19.0. The van der Waals surface area contributed by atoms with E-state index in [2.05, 4.69) is 74.3 Å². The summed E-state index contributed by atoms with van der Waals surface area (Å²) < 4.78 is 9.19. The fourth-order valence-corrected chi connectivity index (χ4v) is 4.18. The molecule has 4 aromatic rings. The van der Waals surface area contributed by atoms with Crippen LogP contribution < -0.4 is 5.69 Å². The number of nitrogens with zero attached hydrogens (tertiary/aromatic N) is 3. The van der Waals surface area contributed by atoms with Gasteiger partial charge in [0.25, 0.3) is 0 Å². The molecule has 0 amide bonds. The highest BCUT2D eigenvalue weighted by atomic mass is 79.9. The first-order valence-corrected chi connectivity index (χ1v) is 10.7. The van der Waals surface area contributed by atoms with Crippen LogP contribution in [-0.2, 0) is 11.2 Å². The van der Waals surface area contributed by atoms with Gasteiger partial charge in [-0.05, 0) is 50.5 Å². The number of fused-ring (bicyclic) bond motifs is 1. The molecule has 5 nitrogen and oxygen atoms in total. The van der Waals surface area contributed by atoms with Crippen LogP contribution in [-0.4, -0.2) is 27.8 Å². The maximum atomic E-state index is 13.8. The molecule has 32 heavy (non-hydrogen) atoms. The summed E-state index contributed by atoms with van der Waals surface area (Å²) >= 11 is 0. The Morgan fingerprint density at radius 1 is 0.938 bits per heavy atom. The molecule has 2 heterocycles. The van der Waals surface area contributed by atoms with Crippen LogP contribution in [0.4, 0.5) is 0 Å². The molecule has 0 bridgehead atoms. The Morgan fingerprint density at radius 2 is 1.56 bits per heavy atom. The second-order valence-corrected chi connectivity index (χ2v) is 8.25. The molecule has 0 spiro atoms. The third-order valence-electron chi connectivity index (χ3n) is 5.93. The highest BCUT2D eigenvalue weighted by Gasteiger charge is 2.24. The van der Waals surface area contributed by atoms with Gasteiger partial charge in [0.2, 0.25) is 0 Å². The van der Waals surface area contributed by atoms with Gasteiger partial charge in [0.15, 0.2) is 5.65 Å². The van der Waals surface area contributed by atoms with Crippen molar-refractivity contribution >= 4 is 28.1 Å². The number of hydrogen-bond acceptors (Lipinski definition) is 3. The summed E-state index contributed by atoms with van der Waals surface area (Å²) in [7, 11) is 1.68. The fraction of sp³-hybridized carbons (Fsp3) is 0.308. The minimum absolute atomic E-state index is 0. The zero-order valence-corrected chi connectivity index (χ0v) is 20.7. The lowest BCUT2D eigenvalue weighted by molar-refractivity contribution is 0.154. The standard InChI is InChI=1S/C26H29N3O2.BrH/c1-18-7-11-21(12-8-18)16-23(17-31-4)29-25-24(6-5-15-27-25)28(26(29)30)20(3)22-13-9-19(2)10-14-22;/h5-15,20,23H,16-17H2,1-4H3;1H. The molecule has 6 heteroatoms. The molecular formula is C26H30BrN3O2. The van der Waals surface area contributed by atoms with Gasteiger partial charge >= 0.3 is 5.69 Å². The summed E-state index contributed by atoms with van der Waals surface area (Å²) in [5.41, 5.74) is 6.16. The van der Waals surface area contributed by atoms with Crippen LogP contribution >= 0.6 is 17.0 Å². The number of halogens is 1. The van der Waals surface area contributed by atoms with E-state index < -0.39 is 0 Å². The number of benzene rings is 2. The van der Waals surface area contributed by atoms with Crippen molar-refractivity contribution in [1.29, 1.82) is 0 Å². The normalized spacial score (nSPS) is 13.0. The maximum absolute atomic E-state index is 13.8. The largest absolute Gasteiger partial charge is 0.383 e. The fourth-order valence-electron chi connectivity index (χ4n) is 4.18. The second kappa shape index (κ2) is 10.3. The van der Waals surface area contributed by atoms with E-state index >= 15 is 0 Å². The Hall–Kier alpha value is -2.70. The lowest BCUT2D eigenvalue weighted by Crippen LogP contribution is -2.32. The van der Waals surface area contributed by atoms with Crippen LogP contribution in [0.3, 0.4) is 0 Å². The molecule has 4 rings (SSSR count). The minimum Gasteiger partial charge on any atom is -0.383 e. The number of imidazole rings is 1. The molecule has 2 aromatic carbocycles. The molecule has 0 aliphatic heterocycles. The van der Waals surface area contributed by atoms with Crippen LogP contribution in [0.5, 0.6) is 0 Å². The smallest absolute Gasteiger partial charge is 0.331 e. The van der Waals surface area contributed by atoms with Crippen LogP contribution in [0.15, 0.2) is 71.7 Å². The third-order valence-corrected chi connectivity index (χ3v) is 5.93. The van der Waals surface area contributed by atoms with Crippen molar-refractivity contribution in [2.45, 2.75) is 39.3 Å². The monoisotopic (exact) mass is 495 g/mol. The first-order chi connectivity index (χ1) is 15.0. The third kappa shape index (κ3) is 4.71. The molecule has 168 valence electrons. The van der Waals surface area contributed by atoms with Gasteiger partial charge in [0.1, 0.15) is 0 Å². The van der Waals surface area contributed by atoms with Gasteiger partial charge < -0.3 is 4.74 Å². The van der Waals surface area contributed by atoms with E-state index in [1.54, 1.807) is 13.3 Å². The van der Waals surface area contributed by atoms with Crippen molar-refractivity contribution in [3.63, 3.8) is 0 Å². The molecular weight excluding hydrogens is 466 g/mol.